The average Bonchev–Trinajstić information content (AvgIpc) is 3.09. The lowest BCUT2D eigenvalue weighted by Gasteiger charge is -2.19. The number of ether oxygens (including phenoxy) is 2. The second-order valence-electron chi connectivity index (χ2n) is 7.43. The van der Waals surface area contributed by atoms with Crippen LogP contribution < -0.4 is 15.0 Å². The average molecular weight is 419 g/mol. The second-order valence-corrected chi connectivity index (χ2v) is 8.34. The molecule has 0 spiro atoms. The number of benzene rings is 2. The van der Waals surface area contributed by atoms with E-state index in [1.54, 1.807) is 30.7 Å². The molecule has 152 valence electrons. The molecule has 2 aromatic carbocycles. The van der Waals surface area contributed by atoms with Gasteiger partial charge in [0.05, 0.1) is 7.11 Å². The number of fused-ring (bicyclic) bond motifs is 2. The second kappa shape index (κ2) is 7.97. The van der Waals surface area contributed by atoms with Gasteiger partial charge in [0.2, 0.25) is 5.56 Å². The third-order valence-electron chi connectivity index (χ3n) is 5.45. The van der Waals surface area contributed by atoms with Gasteiger partial charge in [-0.05, 0) is 34.7 Å². The minimum Gasteiger partial charge on any atom is -0.493 e. The Morgan fingerprint density at radius 2 is 2.10 bits per heavy atom. The monoisotopic (exact) mass is 418 g/mol. The van der Waals surface area contributed by atoms with Crippen LogP contribution in [0.1, 0.15) is 11.1 Å². The summed E-state index contributed by atoms with van der Waals surface area (Å²) in [4.78, 5) is 16.4. The molecule has 0 radical (unpaired) electrons. The Labute approximate surface area is 178 Å². The van der Waals surface area contributed by atoms with Gasteiger partial charge in [0.25, 0.3) is 0 Å². The number of aromatic amines is 1. The third-order valence-corrected chi connectivity index (χ3v) is 6.41. The fourth-order valence-electron chi connectivity index (χ4n) is 3.98. The van der Waals surface area contributed by atoms with Crippen molar-refractivity contribution in [3.8, 4) is 22.6 Å². The molecule has 1 aliphatic rings. The SMILES string of the molecule is COc1cc(-c2csc3ccccc23)cc2c1OCCN(Cc1ccc(=O)[nH]c1)C2. The van der Waals surface area contributed by atoms with Crippen LogP contribution in [0, 0.1) is 0 Å². The number of aromatic nitrogens is 1. The Balaban J connectivity index is 1.52. The lowest BCUT2D eigenvalue weighted by atomic mass is 10.0. The van der Waals surface area contributed by atoms with Gasteiger partial charge in [0.1, 0.15) is 6.61 Å². The maximum atomic E-state index is 11.3. The van der Waals surface area contributed by atoms with Gasteiger partial charge in [-0.3, -0.25) is 9.69 Å². The fraction of sp³-hybridized carbons (Fsp3) is 0.208. The first-order valence-electron chi connectivity index (χ1n) is 9.91. The first kappa shape index (κ1) is 18.9. The summed E-state index contributed by atoms with van der Waals surface area (Å²) in [6.07, 6.45) is 1.78. The Bertz CT molecular complexity index is 1240. The zero-order valence-corrected chi connectivity index (χ0v) is 17.5. The van der Waals surface area contributed by atoms with E-state index in [2.05, 4.69) is 51.7 Å². The number of hydrogen-bond acceptors (Lipinski definition) is 5. The van der Waals surface area contributed by atoms with Gasteiger partial charge in [-0.15, -0.1) is 11.3 Å². The van der Waals surface area contributed by atoms with Crippen molar-refractivity contribution in [2.75, 3.05) is 20.3 Å². The topological polar surface area (TPSA) is 54.6 Å². The van der Waals surface area contributed by atoms with E-state index in [9.17, 15) is 4.79 Å². The molecule has 1 N–H and O–H groups in total. The van der Waals surface area contributed by atoms with E-state index in [0.29, 0.717) is 6.61 Å². The molecule has 1 aliphatic heterocycles. The highest BCUT2D eigenvalue weighted by Crippen LogP contribution is 2.41. The molecule has 0 bridgehead atoms. The Hall–Kier alpha value is -3.09. The number of H-pyrrole nitrogens is 1. The molecule has 4 aromatic rings. The number of hydrogen-bond donors (Lipinski definition) is 1. The minimum atomic E-state index is -0.0827. The normalized spacial score (nSPS) is 14.2. The van der Waals surface area contributed by atoms with E-state index in [4.69, 9.17) is 9.47 Å². The molecule has 6 heteroatoms. The van der Waals surface area contributed by atoms with Crippen LogP contribution in [0.5, 0.6) is 11.5 Å². The molecule has 0 atom stereocenters. The quantitative estimate of drug-likeness (QED) is 0.524. The van der Waals surface area contributed by atoms with Gasteiger partial charge < -0.3 is 14.5 Å². The molecule has 0 amide bonds. The number of nitrogens with one attached hydrogen (secondary N) is 1. The van der Waals surface area contributed by atoms with Crippen molar-refractivity contribution in [3.05, 3.63) is 81.6 Å². The summed E-state index contributed by atoms with van der Waals surface area (Å²) in [6.45, 7) is 2.88. The molecule has 5 nitrogen and oxygen atoms in total. The van der Waals surface area contributed by atoms with E-state index in [1.165, 1.54) is 15.6 Å². The van der Waals surface area contributed by atoms with E-state index in [1.807, 2.05) is 6.07 Å². The minimum absolute atomic E-state index is 0.0827. The van der Waals surface area contributed by atoms with Crippen molar-refractivity contribution in [1.82, 2.24) is 9.88 Å². The molecule has 5 rings (SSSR count). The summed E-state index contributed by atoms with van der Waals surface area (Å²) in [5, 5.41) is 3.46. The summed E-state index contributed by atoms with van der Waals surface area (Å²) in [5.74, 6) is 1.59. The number of pyridine rings is 1. The highest BCUT2D eigenvalue weighted by Gasteiger charge is 2.21. The Morgan fingerprint density at radius 1 is 1.20 bits per heavy atom. The maximum Gasteiger partial charge on any atom is 0.247 e. The lowest BCUT2D eigenvalue weighted by molar-refractivity contribution is 0.216. The van der Waals surface area contributed by atoms with Crippen LogP contribution in [0.15, 0.2) is 64.9 Å². The van der Waals surface area contributed by atoms with E-state index in [-0.39, 0.29) is 5.56 Å². The van der Waals surface area contributed by atoms with Crippen molar-refractivity contribution in [2.24, 2.45) is 0 Å². The van der Waals surface area contributed by atoms with Crippen LogP contribution in [0.4, 0.5) is 0 Å². The highest BCUT2D eigenvalue weighted by atomic mass is 32.1. The predicted molar refractivity (Wildman–Crippen MR) is 120 cm³/mol. The molecule has 0 saturated heterocycles. The van der Waals surface area contributed by atoms with E-state index in [0.717, 1.165) is 47.8 Å². The highest BCUT2D eigenvalue weighted by molar-refractivity contribution is 7.17. The fourth-order valence-corrected chi connectivity index (χ4v) is 4.95. The van der Waals surface area contributed by atoms with Crippen molar-refractivity contribution < 1.29 is 9.47 Å². The van der Waals surface area contributed by atoms with Crippen molar-refractivity contribution in [1.29, 1.82) is 0 Å². The van der Waals surface area contributed by atoms with Crippen LogP contribution in [-0.4, -0.2) is 30.1 Å². The molecule has 3 heterocycles. The molecule has 0 saturated carbocycles. The Kier molecular flexibility index (Phi) is 5.02. The number of nitrogens with zero attached hydrogens (tertiary/aromatic N) is 1. The van der Waals surface area contributed by atoms with Gasteiger partial charge >= 0.3 is 0 Å². The van der Waals surface area contributed by atoms with Crippen molar-refractivity contribution >= 4 is 21.4 Å². The van der Waals surface area contributed by atoms with Gasteiger partial charge in [-0.2, -0.15) is 0 Å². The number of rotatable bonds is 4. The van der Waals surface area contributed by atoms with Crippen LogP contribution in [0.2, 0.25) is 0 Å². The van der Waals surface area contributed by atoms with Crippen LogP contribution >= 0.6 is 11.3 Å². The first-order valence-corrected chi connectivity index (χ1v) is 10.8. The van der Waals surface area contributed by atoms with Gasteiger partial charge in [0.15, 0.2) is 11.5 Å². The van der Waals surface area contributed by atoms with Crippen molar-refractivity contribution in [3.63, 3.8) is 0 Å². The molecule has 0 unspecified atom stereocenters. The standard InChI is InChI=1S/C24H22N2O3S/c1-28-21-11-17(20-15-30-22-5-3-2-4-19(20)22)10-18-14-26(8-9-29-24(18)21)13-16-6-7-23(27)25-12-16/h2-7,10-12,15H,8-9,13-14H2,1H3,(H,25,27). The molecule has 0 fully saturated rings. The first-order chi connectivity index (χ1) is 14.7. The van der Waals surface area contributed by atoms with Gasteiger partial charge in [0, 0.05) is 53.1 Å². The van der Waals surface area contributed by atoms with E-state index < -0.39 is 0 Å². The zero-order chi connectivity index (χ0) is 20.5. The predicted octanol–water partition coefficient (Wildman–Crippen LogP) is 4.66. The summed E-state index contributed by atoms with van der Waals surface area (Å²) < 4.78 is 13.1. The molecule has 30 heavy (non-hydrogen) atoms. The van der Waals surface area contributed by atoms with Crippen LogP contribution in [0.25, 0.3) is 21.2 Å². The Morgan fingerprint density at radius 3 is 2.93 bits per heavy atom. The van der Waals surface area contributed by atoms with Crippen LogP contribution in [-0.2, 0) is 13.1 Å². The van der Waals surface area contributed by atoms with Crippen LogP contribution in [0.3, 0.4) is 0 Å². The largest absolute Gasteiger partial charge is 0.493 e. The molecule has 0 aliphatic carbocycles. The van der Waals surface area contributed by atoms with Gasteiger partial charge in [-0.25, -0.2) is 0 Å². The van der Waals surface area contributed by atoms with E-state index >= 15 is 0 Å². The molecular weight excluding hydrogens is 396 g/mol. The third kappa shape index (κ3) is 3.60. The number of methoxy groups -OCH3 is 1. The van der Waals surface area contributed by atoms with Crippen molar-refractivity contribution in [2.45, 2.75) is 13.1 Å². The van der Waals surface area contributed by atoms with Gasteiger partial charge in [-0.1, -0.05) is 24.3 Å². The summed E-state index contributed by atoms with van der Waals surface area (Å²) in [6, 6.07) is 16.2. The lowest BCUT2D eigenvalue weighted by Crippen LogP contribution is -2.25. The number of thiophene rings is 1. The summed E-state index contributed by atoms with van der Waals surface area (Å²) in [7, 11) is 1.69. The molecule has 2 aromatic heterocycles. The summed E-state index contributed by atoms with van der Waals surface area (Å²) >= 11 is 1.76. The smallest absolute Gasteiger partial charge is 0.247 e. The maximum absolute atomic E-state index is 11.3. The molecular formula is C24H22N2O3S. The zero-order valence-electron chi connectivity index (χ0n) is 16.7. The summed E-state index contributed by atoms with van der Waals surface area (Å²) in [5.41, 5.74) is 4.46.